The Morgan fingerprint density at radius 1 is 0.889 bits per heavy atom. The van der Waals surface area contributed by atoms with E-state index < -0.39 is 0 Å². The molecule has 0 aliphatic carbocycles. The van der Waals surface area contributed by atoms with Crippen molar-refractivity contribution >= 4 is 11.6 Å². The zero-order valence-corrected chi connectivity index (χ0v) is 15.2. The lowest BCUT2D eigenvalue weighted by molar-refractivity contribution is 0.606. The smallest absolute Gasteiger partial charge is 0.332 e. The highest BCUT2D eigenvalue weighted by Gasteiger charge is 2.21. The lowest BCUT2D eigenvalue weighted by atomic mass is 10.3. The topological polar surface area (TPSA) is 94.1 Å². The van der Waals surface area contributed by atoms with Gasteiger partial charge in [0.2, 0.25) is 0 Å². The summed E-state index contributed by atoms with van der Waals surface area (Å²) >= 11 is 0. The first-order valence-corrected chi connectivity index (χ1v) is 8.63. The molecule has 1 saturated heterocycles. The first-order chi connectivity index (χ1) is 13.0. The highest BCUT2D eigenvalue weighted by molar-refractivity contribution is 5.47. The predicted molar refractivity (Wildman–Crippen MR) is 101 cm³/mol. The molecule has 0 atom stereocenters. The van der Waals surface area contributed by atoms with Gasteiger partial charge < -0.3 is 9.80 Å². The molecule has 3 aromatic heterocycles. The molecule has 0 amide bonds. The Morgan fingerprint density at radius 2 is 1.59 bits per heavy atom. The van der Waals surface area contributed by atoms with Gasteiger partial charge in [0.15, 0.2) is 5.82 Å². The molecule has 1 aliphatic heterocycles. The van der Waals surface area contributed by atoms with Crippen molar-refractivity contribution in [3.05, 3.63) is 57.8 Å². The molecular formula is C17H20N8O2. The maximum atomic E-state index is 12.2. The Labute approximate surface area is 154 Å². The fourth-order valence-electron chi connectivity index (χ4n) is 3.23. The Morgan fingerprint density at radius 3 is 2.30 bits per heavy atom. The number of hydrogen-bond acceptors (Lipinski definition) is 7. The van der Waals surface area contributed by atoms with Crippen LogP contribution in [0.2, 0.25) is 0 Å². The Bertz CT molecular complexity index is 1060. The van der Waals surface area contributed by atoms with Gasteiger partial charge >= 0.3 is 5.69 Å². The van der Waals surface area contributed by atoms with E-state index in [4.69, 9.17) is 0 Å². The lowest BCUT2D eigenvalue weighted by Crippen LogP contribution is -2.49. The van der Waals surface area contributed by atoms with E-state index in [-0.39, 0.29) is 11.2 Å². The molecule has 4 rings (SSSR count). The third-order valence-electron chi connectivity index (χ3n) is 4.81. The minimum absolute atomic E-state index is 0.296. The van der Waals surface area contributed by atoms with Crippen LogP contribution in [0, 0.1) is 0 Å². The van der Waals surface area contributed by atoms with E-state index in [1.165, 1.54) is 24.0 Å². The number of aromatic nitrogens is 6. The van der Waals surface area contributed by atoms with Crippen molar-refractivity contribution in [2.45, 2.75) is 0 Å². The molecule has 10 nitrogen and oxygen atoms in total. The summed E-state index contributed by atoms with van der Waals surface area (Å²) in [4.78, 5) is 37.0. The largest absolute Gasteiger partial charge is 0.354 e. The van der Waals surface area contributed by atoms with Crippen LogP contribution in [0.5, 0.6) is 0 Å². The van der Waals surface area contributed by atoms with Crippen LogP contribution in [0.15, 0.2) is 46.5 Å². The van der Waals surface area contributed by atoms with Crippen LogP contribution < -0.4 is 21.0 Å². The van der Waals surface area contributed by atoms with E-state index in [2.05, 4.69) is 24.9 Å². The monoisotopic (exact) mass is 368 g/mol. The summed E-state index contributed by atoms with van der Waals surface area (Å²) in [6.45, 7) is 2.81. The first kappa shape index (κ1) is 17.0. The average Bonchev–Trinajstić information content (AvgIpc) is 3.24. The van der Waals surface area contributed by atoms with E-state index in [1.807, 2.05) is 18.3 Å². The number of hydrogen-bond donors (Lipinski definition) is 0. The molecule has 27 heavy (non-hydrogen) atoms. The molecule has 0 bridgehead atoms. The van der Waals surface area contributed by atoms with Crippen LogP contribution in [-0.4, -0.2) is 55.1 Å². The third kappa shape index (κ3) is 3.09. The van der Waals surface area contributed by atoms with Gasteiger partial charge in [0, 0.05) is 64.8 Å². The molecule has 3 aromatic rings. The highest BCUT2D eigenvalue weighted by Crippen LogP contribution is 2.18. The lowest BCUT2D eigenvalue weighted by Gasteiger charge is -2.37. The van der Waals surface area contributed by atoms with E-state index >= 15 is 0 Å². The molecule has 4 heterocycles. The van der Waals surface area contributed by atoms with Crippen molar-refractivity contribution in [2.75, 3.05) is 36.0 Å². The zero-order chi connectivity index (χ0) is 19.0. The van der Waals surface area contributed by atoms with Crippen LogP contribution >= 0.6 is 0 Å². The van der Waals surface area contributed by atoms with Gasteiger partial charge in [0.1, 0.15) is 18.0 Å². The van der Waals surface area contributed by atoms with Crippen molar-refractivity contribution in [1.82, 2.24) is 28.9 Å². The van der Waals surface area contributed by atoms with Crippen LogP contribution in [0.4, 0.5) is 11.6 Å². The van der Waals surface area contributed by atoms with Crippen LogP contribution in [0.3, 0.4) is 0 Å². The van der Waals surface area contributed by atoms with Gasteiger partial charge in [0.25, 0.3) is 5.56 Å². The summed E-state index contributed by atoms with van der Waals surface area (Å²) in [5.41, 5.74) is -0.616. The summed E-state index contributed by atoms with van der Waals surface area (Å²) in [6.07, 6.45) is 5.07. The molecule has 140 valence electrons. The molecule has 0 N–H and O–H groups in total. The normalized spacial score (nSPS) is 14.6. The van der Waals surface area contributed by atoms with Gasteiger partial charge in [-0.2, -0.15) is 5.10 Å². The maximum absolute atomic E-state index is 12.2. The van der Waals surface area contributed by atoms with Gasteiger partial charge in [-0.3, -0.25) is 13.9 Å². The molecule has 10 heteroatoms. The number of rotatable bonds is 3. The highest BCUT2D eigenvalue weighted by atomic mass is 16.2. The molecular weight excluding hydrogens is 348 g/mol. The number of anilines is 2. The Balaban J connectivity index is 1.53. The van der Waals surface area contributed by atoms with Gasteiger partial charge in [0.05, 0.1) is 0 Å². The molecule has 0 saturated carbocycles. The van der Waals surface area contributed by atoms with Crippen molar-refractivity contribution in [1.29, 1.82) is 0 Å². The Hall–Kier alpha value is -3.43. The van der Waals surface area contributed by atoms with Crippen molar-refractivity contribution in [2.24, 2.45) is 14.1 Å². The first-order valence-electron chi connectivity index (χ1n) is 8.63. The van der Waals surface area contributed by atoms with E-state index in [0.717, 1.165) is 23.5 Å². The second-order valence-corrected chi connectivity index (χ2v) is 6.40. The average molecular weight is 368 g/mol. The zero-order valence-electron chi connectivity index (χ0n) is 15.2. The minimum Gasteiger partial charge on any atom is -0.354 e. The molecule has 0 unspecified atom stereocenters. The van der Waals surface area contributed by atoms with Crippen LogP contribution in [0.25, 0.3) is 5.82 Å². The minimum atomic E-state index is -0.320. The van der Waals surface area contributed by atoms with Crippen molar-refractivity contribution in [3.8, 4) is 5.82 Å². The van der Waals surface area contributed by atoms with Gasteiger partial charge in [-0.25, -0.2) is 19.4 Å². The summed E-state index contributed by atoms with van der Waals surface area (Å²) < 4.78 is 4.31. The van der Waals surface area contributed by atoms with Gasteiger partial charge in [-0.1, -0.05) is 0 Å². The summed E-state index contributed by atoms with van der Waals surface area (Å²) in [7, 11) is 3.17. The van der Waals surface area contributed by atoms with Gasteiger partial charge in [-0.15, -0.1) is 0 Å². The van der Waals surface area contributed by atoms with E-state index in [0.29, 0.717) is 24.7 Å². The maximum Gasteiger partial charge on any atom is 0.332 e. The number of piperazine rings is 1. The second-order valence-electron chi connectivity index (χ2n) is 6.40. The standard InChI is InChI=1S/C17H20N8O2/c1-21-15(11-16(26)22(2)17(21)27)24-8-6-23(7-9-24)13-10-14(19-12-18-13)25-5-3-4-20-25/h3-5,10-12H,6-9H2,1-2H3. The molecule has 0 aromatic carbocycles. The number of nitrogens with zero attached hydrogens (tertiary/aromatic N) is 8. The van der Waals surface area contributed by atoms with Gasteiger partial charge in [-0.05, 0) is 6.07 Å². The molecule has 0 radical (unpaired) electrons. The van der Waals surface area contributed by atoms with E-state index in [9.17, 15) is 9.59 Å². The molecule has 1 aliphatic rings. The van der Waals surface area contributed by atoms with E-state index in [1.54, 1.807) is 17.9 Å². The summed E-state index contributed by atoms with van der Waals surface area (Å²) in [5, 5.41) is 4.19. The predicted octanol–water partition coefficient (Wildman–Crippen LogP) is -0.614. The second kappa shape index (κ2) is 6.71. The van der Waals surface area contributed by atoms with Crippen molar-refractivity contribution < 1.29 is 0 Å². The SMILES string of the molecule is Cn1c(N2CCN(c3cc(-n4cccn4)ncn3)CC2)cc(=O)n(C)c1=O. The molecule has 1 fully saturated rings. The fourth-order valence-corrected chi connectivity index (χ4v) is 3.23. The van der Waals surface area contributed by atoms with Crippen LogP contribution in [0.1, 0.15) is 0 Å². The van der Waals surface area contributed by atoms with Crippen molar-refractivity contribution in [3.63, 3.8) is 0 Å². The third-order valence-corrected chi connectivity index (χ3v) is 4.81. The van der Waals surface area contributed by atoms with Crippen LogP contribution in [-0.2, 0) is 14.1 Å². The molecule has 0 spiro atoms. The summed E-state index contributed by atoms with van der Waals surface area (Å²) in [6, 6.07) is 5.25. The quantitative estimate of drug-likeness (QED) is 0.608. The fraction of sp³-hybridized carbons (Fsp3) is 0.353. The summed E-state index contributed by atoms with van der Waals surface area (Å²) in [5.74, 6) is 2.18. The Kier molecular flexibility index (Phi) is 4.22.